The molecule has 0 aliphatic carbocycles. The summed E-state index contributed by atoms with van der Waals surface area (Å²) in [5.74, 6) is 1.33. The van der Waals surface area contributed by atoms with Gasteiger partial charge in [-0.1, -0.05) is 30.3 Å². The highest BCUT2D eigenvalue weighted by molar-refractivity contribution is 6.11. The molecule has 138 valence electrons. The first-order chi connectivity index (χ1) is 12.4. The van der Waals surface area contributed by atoms with Crippen molar-refractivity contribution in [2.24, 2.45) is 0 Å². The average Bonchev–Trinajstić information content (AvgIpc) is 2.88. The first-order valence-electron chi connectivity index (χ1n) is 8.21. The number of methoxy groups -OCH3 is 3. The maximum atomic E-state index is 12.9. The number of hydrogen-bond donors (Lipinski definition) is 0. The summed E-state index contributed by atoms with van der Waals surface area (Å²) in [6.45, 7) is 3.68. The minimum atomic E-state index is -1.03. The van der Waals surface area contributed by atoms with Gasteiger partial charge in [0.25, 0.3) is 0 Å². The molecule has 26 heavy (non-hydrogen) atoms. The van der Waals surface area contributed by atoms with Gasteiger partial charge in [0.1, 0.15) is 12.2 Å². The topological polar surface area (TPSA) is 63.2 Å². The number of Topliss-reactive ketones (excluding diaryl/α,β-unsaturated/α-hetero) is 1. The Morgan fingerprint density at radius 1 is 0.885 bits per heavy atom. The summed E-state index contributed by atoms with van der Waals surface area (Å²) in [5.41, 5.74) is 0.238. The van der Waals surface area contributed by atoms with E-state index in [1.807, 2.05) is 30.3 Å². The second kappa shape index (κ2) is 6.78. The molecule has 0 saturated carbocycles. The van der Waals surface area contributed by atoms with E-state index in [0.717, 1.165) is 5.56 Å². The molecule has 2 aromatic rings. The predicted molar refractivity (Wildman–Crippen MR) is 95.9 cm³/mol. The van der Waals surface area contributed by atoms with Gasteiger partial charge in [-0.2, -0.15) is 0 Å². The van der Waals surface area contributed by atoms with E-state index < -0.39 is 5.60 Å². The van der Waals surface area contributed by atoms with Crippen LogP contribution in [-0.4, -0.2) is 32.7 Å². The van der Waals surface area contributed by atoms with E-state index in [2.05, 4.69) is 0 Å². The summed E-state index contributed by atoms with van der Waals surface area (Å²) < 4.78 is 28.3. The van der Waals surface area contributed by atoms with Gasteiger partial charge >= 0.3 is 0 Å². The molecular formula is C20H22O6. The SMILES string of the molecule is COc1c(OC)c(OCc2ccccc2)c2c(c1OC)OC(C)(C)C2=O. The summed E-state index contributed by atoms with van der Waals surface area (Å²) in [6.07, 6.45) is 0. The van der Waals surface area contributed by atoms with E-state index in [1.54, 1.807) is 13.8 Å². The molecule has 0 fully saturated rings. The van der Waals surface area contributed by atoms with Gasteiger partial charge in [0, 0.05) is 0 Å². The van der Waals surface area contributed by atoms with Crippen molar-refractivity contribution in [2.45, 2.75) is 26.1 Å². The minimum Gasteiger partial charge on any atom is -0.490 e. The molecule has 3 rings (SSSR count). The zero-order valence-electron chi connectivity index (χ0n) is 15.5. The number of hydrogen-bond acceptors (Lipinski definition) is 6. The van der Waals surface area contributed by atoms with Crippen LogP contribution in [0.1, 0.15) is 29.8 Å². The first-order valence-corrected chi connectivity index (χ1v) is 8.21. The van der Waals surface area contributed by atoms with Crippen molar-refractivity contribution in [1.82, 2.24) is 0 Å². The Morgan fingerprint density at radius 2 is 1.46 bits per heavy atom. The molecular weight excluding hydrogens is 336 g/mol. The van der Waals surface area contributed by atoms with E-state index in [1.165, 1.54) is 21.3 Å². The third-order valence-corrected chi connectivity index (χ3v) is 4.25. The molecule has 0 N–H and O–H groups in total. The lowest BCUT2D eigenvalue weighted by Gasteiger charge is -2.19. The third kappa shape index (κ3) is 2.81. The molecule has 0 amide bonds. The van der Waals surface area contributed by atoms with Crippen LogP contribution in [0, 0.1) is 0 Å². The second-order valence-corrected chi connectivity index (χ2v) is 6.35. The lowest BCUT2D eigenvalue weighted by molar-refractivity contribution is 0.0677. The Hall–Kier alpha value is -2.89. The van der Waals surface area contributed by atoms with Gasteiger partial charge in [-0.25, -0.2) is 0 Å². The van der Waals surface area contributed by atoms with E-state index >= 15 is 0 Å². The molecule has 1 aliphatic heterocycles. The fraction of sp³-hybridized carbons (Fsp3) is 0.350. The quantitative estimate of drug-likeness (QED) is 0.785. The number of fused-ring (bicyclic) bond motifs is 1. The summed E-state index contributed by atoms with van der Waals surface area (Å²) >= 11 is 0. The maximum absolute atomic E-state index is 12.9. The second-order valence-electron chi connectivity index (χ2n) is 6.35. The number of carbonyl (C=O) groups is 1. The summed E-state index contributed by atoms with van der Waals surface area (Å²) in [6, 6.07) is 9.65. The highest BCUT2D eigenvalue weighted by Crippen LogP contribution is 2.57. The van der Waals surface area contributed by atoms with Crippen LogP contribution in [0.15, 0.2) is 30.3 Å². The predicted octanol–water partition coefficient (Wildman–Crippen LogP) is 3.65. The van der Waals surface area contributed by atoms with Crippen LogP contribution >= 0.6 is 0 Å². The van der Waals surface area contributed by atoms with E-state index in [4.69, 9.17) is 23.7 Å². The van der Waals surface area contributed by atoms with Crippen molar-refractivity contribution in [3.05, 3.63) is 41.5 Å². The molecule has 6 nitrogen and oxygen atoms in total. The van der Waals surface area contributed by atoms with Crippen LogP contribution in [0.3, 0.4) is 0 Å². The first kappa shape index (κ1) is 17.9. The van der Waals surface area contributed by atoms with Crippen molar-refractivity contribution in [3.63, 3.8) is 0 Å². The van der Waals surface area contributed by atoms with Gasteiger partial charge < -0.3 is 23.7 Å². The average molecular weight is 358 g/mol. The monoisotopic (exact) mass is 358 g/mol. The normalized spacial score (nSPS) is 14.4. The van der Waals surface area contributed by atoms with E-state index in [-0.39, 0.29) is 12.4 Å². The van der Waals surface area contributed by atoms with Crippen LogP contribution in [0.5, 0.6) is 28.7 Å². The lowest BCUT2D eigenvalue weighted by atomic mass is 9.98. The summed E-state index contributed by atoms with van der Waals surface area (Å²) in [4.78, 5) is 12.9. The number of rotatable bonds is 6. The maximum Gasteiger partial charge on any atom is 0.213 e. The van der Waals surface area contributed by atoms with Crippen LogP contribution < -0.4 is 23.7 Å². The molecule has 2 aromatic carbocycles. The van der Waals surface area contributed by atoms with Crippen LogP contribution in [0.4, 0.5) is 0 Å². The van der Waals surface area contributed by atoms with Crippen LogP contribution in [0.2, 0.25) is 0 Å². The van der Waals surface area contributed by atoms with Crippen molar-refractivity contribution in [3.8, 4) is 28.7 Å². The van der Waals surface area contributed by atoms with Gasteiger partial charge in [0.2, 0.25) is 23.0 Å². The zero-order valence-corrected chi connectivity index (χ0v) is 15.5. The highest BCUT2D eigenvalue weighted by atomic mass is 16.6. The molecule has 0 atom stereocenters. The van der Waals surface area contributed by atoms with Gasteiger partial charge in [-0.3, -0.25) is 4.79 Å². The van der Waals surface area contributed by atoms with E-state index in [9.17, 15) is 4.79 Å². The Balaban J connectivity index is 2.16. The number of ether oxygens (including phenoxy) is 5. The minimum absolute atomic E-state index is 0.199. The lowest BCUT2D eigenvalue weighted by Crippen LogP contribution is -2.32. The van der Waals surface area contributed by atoms with Gasteiger partial charge in [0.05, 0.1) is 21.3 Å². The number of benzene rings is 2. The standard InChI is InChI=1S/C20H22O6/c1-20(2)19(21)13-14(25-11-12-9-7-6-8-10-12)16(22-3)18(24-5)17(23-4)15(13)26-20/h6-10H,11H2,1-5H3. The summed E-state index contributed by atoms with van der Waals surface area (Å²) in [5, 5.41) is 0. The molecule has 0 unspecified atom stereocenters. The molecule has 0 bridgehead atoms. The Bertz CT molecular complexity index is 826. The Morgan fingerprint density at radius 3 is 2.04 bits per heavy atom. The zero-order chi connectivity index (χ0) is 18.9. The molecule has 1 heterocycles. The molecule has 0 saturated heterocycles. The Labute approximate surface area is 152 Å². The van der Waals surface area contributed by atoms with Crippen LogP contribution in [0.25, 0.3) is 0 Å². The largest absolute Gasteiger partial charge is 0.490 e. The molecule has 0 radical (unpaired) electrons. The smallest absolute Gasteiger partial charge is 0.213 e. The van der Waals surface area contributed by atoms with Crippen LogP contribution in [-0.2, 0) is 6.61 Å². The van der Waals surface area contributed by atoms with Crippen molar-refractivity contribution < 1.29 is 28.5 Å². The van der Waals surface area contributed by atoms with Gasteiger partial charge in [-0.05, 0) is 19.4 Å². The number of ketones is 1. The van der Waals surface area contributed by atoms with Crippen molar-refractivity contribution in [2.75, 3.05) is 21.3 Å². The van der Waals surface area contributed by atoms with Crippen molar-refractivity contribution >= 4 is 5.78 Å². The Kier molecular flexibility index (Phi) is 4.68. The van der Waals surface area contributed by atoms with Gasteiger partial charge in [-0.15, -0.1) is 0 Å². The third-order valence-electron chi connectivity index (χ3n) is 4.25. The molecule has 6 heteroatoms. The van der Waals surface area contributed by atoms with Crippen molar-refractivity contribution in [1.29, 1.82) is 0 Å². The van der Waals surface area contributed by atoms with Gasteiger partial charge in [0.15, 0.2) is 17.1 Å². The molecule has 1 aliphatic rings. The molecule has 0 aromatic heterocycles. The molecule has 0 spiro atoms. The summed E-state index contributed by atoms with van der Waals surface area (Å²) in [7, 11) is 4.47. The fourth-order valence-corrected chi connectivity index (χ4v) is 2.97. The highest BCUT2D eigenvalue weighted by Gasteiger charge is 2.47. The fourth-order valence-electron chi connectivity index (χ4n) is 2.97. The van der Waals surface area contributed by atoms with E-state index in [0.29, 0.717) is 34.3 Å². The number of carbonyl (C=O) groups excluding carboxylic acids is 1.